The lowest BCUT2D eigenvalue weighted by molar-refractivity contribution is 0.207. The van der Waals surface area contributed by atoms with Gasteiger partial charge < -0.3 is 5.11 Å². The molecule has 0 bridgehead atoms. The average molecular weight is 163 g/mol. The molecular weight excluding hydrogens is 148 g/mol. The summed E-state index contributed by atoms with van der Waals surface area (Å²) in [6, 6.07) is 10.3. The Labute approximate surface area is 74.1 Å². The summed E-state index contributed by atoms with van der Waals surface area (Å²) in [6.07, 6.45) is 2.42. The third kappa shape index (κ3) is 3.54. The molecule has 1 rings (SSSR count). The lowest BCUT2D eigenvalue weighted by Crippen LogP contribution is -2.00. The van der Waals surface area contributed by atoms with E-state index >= 15 is 0 Å². The Morgan fingerprint density at radius 3 is 2.50 bits per heavy atom. The van der Waals surface area contributed by atoms with Gasteiger partial charge in [0.1, 0.15) is 0 Å². The Bertz CT molecular complexity index is 204. The molecule has 1 atom stereocenters. The highest BCUT2D eigenvalue weighted by molar-refractivity contribution is 5.14. The smallest absolute Gasteiger partial charge is 0.0541 e. The van der Waals surface area contributed by atoms with Gasteiger partial charge in [0, 0.05) is 0 Å². The van der Waals surface area contributed by atoms with Gasteiger partial charge in [0.15, 0.2) is 0 Å². The first kappa shape index (κ1) is 9.27. The second-order valence-corrected chi connectivity index (χ2v) is 3.03. The molecule has 12 heavy (non-hydrogen) atoms. The summed E-state index contributed by atoms with van der Waals surface area (Å²) in [6.45, 7) is 3.53. The van der Waals surface area contributed by atoms with E-state index in [0.29, 0.717) is 0 Å². The molecule has 0 saturated carbocycles. The van der Waals surface area contributed by atoms with Crippen LogP contribution in [-0.4, -0.2) is 11.2 Å². The zero-order chi connectivity index (χ0) is 8.81. The van der Waals surface area contributed by atoms with E-state index in [1.54, 1.807) is 0 Å². The first-order chi connectivity index (χ1) is 5.79. The summed E-state index contributed by atoms with van der Waals surface area (Å²) in [5, 5.41) is 8.92. The molecule has 0 aromatic heterocycles. The minimum Gasteiger partial charge on any atom is -0.393 e. The van der Waals surface area contributed by atoms with Gasteiger partial charge in [0.25, 0.3) is 0 Å². The van der Waals surface area contributed by atoms with Crippen LogP contribution in [0, 0.1) is 6.92 Å². The fourth-order valence-electron chi connectivity index (χ4n) is 1.19. The second-order valence-electron chi connectivity index (χ2n) is 3.03. The minimum atomic E-state index is -0.409. The molecule has 1 nitrogen and oxygen atoms in total. The van der Waals surface area contributed by atoms with Crippen LogP contribution >= 0.6 is 0 Å². The fourth-order valence-corrected chi connectivity index (χ4v) is 1.19. The van der Waals surface area contributed by atoms with Gasteiger partial charge in [0.05, 0.1) is 6.10 Å². The van der Waals surface area contributed by atoms with Crippen molar-refractivity contribution in [3.05, 3.63) is 42.8 Å². The Hall–Kier alpha value is -0.820. The number of benzene rings is 1. The lowest BCUT2D eigenvalue weighted by Gasteiger charge is -2.03. The molecule has 1 radical (unpaired) electrons. The van der Waals surface area contributed by atoms with Crippen molar-refractivity contribution in [2.75, 3.05) is 0 Å². The van der Waals surface area contributed by atoms with Crippen molar-refractivity contribution in [3.8, 4) is 0 Å². The van der Waals surface area contributed by atoms with Crippen LogP contribution in [-0.2, 0) is 6.42 Å². The van der Waals surface area contributed by atoms with Crippen molar-refractivity contribution >= 4 is 0 Å². The molecule has 65 valence electrons. The minimum absolute atomic E-state index is 0.409. The van der Waals surface area contributed by atoms with E-state index in [1.807, 2.05) is 18.2 Å². The Morgan fingerprint density at radius 1 is 1.25 bits per heavy atom. The summed E-state index contributed by atoms with van der Waals surface area (Å²) < 4.78 is 0. The van der Waals surface area contributed by atoms with E-state index < -0.39 is 6.10 Å². The number of hydrogen-bond acceptors (Lipinski definition) is 1. The second kappa shape index (κ2) is 4.94. The third-order valence-corrected chi connectivity index (χ3v) is 1.85. The summed E-state index contributed by atoms with van der Waals surface area (Å²) in [5.74, 6) is 0. The molecule has 0 aliphatic carbocycles. The predicted molar refractivity (Wildman–Crippen MR) is 50.7 cm³/mol. The summed E-state index contributed by atoms with van der Waals surface area (Å²) >= 11 is 0. The first-order valence-electron chi connectivity index (χ1n) is 4.34. The summed E-state index contributed by atoms with van der Waals surface area (Å²) in [7, 11) is 0. The van der Waals surface area contributed by atoms with Crippen LogP contribution in [0.1, 0.15) is 18.4 Å². The normalized spacial score (nSPS) is 12.8. The third-order valence-electron chi connectivity index (χ3n) is 1.85. The molecule has 0 aliphatic rings. The van der Waals surface area contributed by atoms with Crippen molar-refractivity contribution in [1.82, 2.24) is 0 Å². The first-order valence-corrected chi connectivity index (χ1v) is 4.34. The van der Waals surface area contributed by atoms with Crippen molar-refractivity contribution in [3.63, 3.8) is 0 Å². The predicted octanol–water partition coefficient (Wildman–Crippen LogP) is 2.20. The van der Waals surface area contributed by atoms with Crippen molar-refractivity contribution in [2.45, 2.75) is 25.4 Å². The van der Waals surface area contributed by atoms with Crippen molar-refractivity contribution in [1.29, 1.82) is 0 Å². The van der Waals surface area contributed by atoms with Crippen LogP contribution in [0.4, 0.5) is 0 Å². The average Bonchev–Trinajstić information content (AvgIpc) is 2.05. The maximum Gasteiger partial charge on any atom is 0.0541 e. The number of rotatable bonds is 4. The van der Waals surface area contributed by atoms with Gasteiger partial charge in [-0.3, -0.25) is 0 Å². The molecule has 0 saturated heterocycles. The molecule has 1 aromatic carbocycles. The molecule has 1 heteroatoms. The molecule has 0 aliphatic heterocycles. The van der Waals surface area contributed by atoms with E-state index in [9.17, 15) is 0 Å². The van der Waals surface area contributed by atoms with Crippen LogP contribution in [0.15, 0.2) is 30.3 Å². The maximum absolute atomic E-state index is 8.92. The highest BCUT2D eigenvalue weighted by Crippen LogP contribution is 2.05. The molecule has 0 amide bonds. The van der Waals surface area contributed by atoms with Gasteiger partial charge in [-0.2, -0.15) is 0 Å². The van der Waals surface area contributed by atoms with Gasteiger partial charge in [-0.05, 0) is 31.7 Å². The Morgan fingerprint density at radius 2 is 1.92 bits per heavy atom. The quantitative estimate of drug-likeness (QED) is 0.721. The zero-order valence-electron chi connectivity index (χ0n) is 7.24. The van der Waals surface area contributed by atoms with Crippen LogP contribution < -0.4 is 0 Å². The van der Waals surface area contributed by atoms with Gasteiger partial charge in [0.2, 0.25) is 0 Å². The standard InChI is InChI=1S/C11H15O/c1-10(12)6-5-9-11-7-3-2-4-8-11/h2-4,7-8,10,12H,1,5-6,9H2. The number of aliphatic hydroxyl groups is 1. The number of aryl methyl sites for hydroxylation is 1. The Balaban J connectivity index is 2.25. The molecular formula is C11H15O. The van der Waals surface area contributed by atoms with Crippen LogP contribution in [0.2, 0.25) is 0 Å². The van der Waals surface area contributed by atoms with Crippen molar-refractivity contribution in [2.24, 2.45) is 0 Å². The SMILES string of the molecule is [CH2]C(O)CCCc1ccccc1. The van der Waals surface area contributed by atoms with E-state index in [-0.39, 0.29) is 0 Å². The highest BCUT2D eigenvalue weighted by Gasteiger charge is 1.96. The zero-order valence-corrected chi connectivity index (χ0v) is 7.24. The maximum atomic E-state index is 8.92. The van der Waals surface area contributed by atoms with Gasteiger partial charge >= 0.3 is 0 Å². The van der Waals surface area contributed by atoms with Gasteiger partial charge in [-0.15, -0.1) is 0 Å². The fraction of sp³-hybridized carbons (Fsp3) is 0.364. The van der Waals surface area contributed by atoms with Crippen LogP contribution in [0.5, 0.6) is 0 Å². The summed E-state index contributed by atoms with van der Waals surface area (Å²) in [4.78, 5) is 0. The van der Waals surface area contributed by atoms with Gasteiger partial charge in [-0.1, -0.05) is 30.3 Å². The molecule has 0 fully saturated rings. The van der Waals surface area contributed by atoms with E-state index in [0.717, 1.165) is 19.3 Å². The molecule has 1 N–H and O–H groups in total. The topological polar surface area (TPSA) is 20.2 Å². The van der Waals surface area contributed by atoms with Crippen LogP contribution in [0.25, 0.3) is 0 Å². The van der Waals surface area contributed by atoms with E-state index in [1.165, 1.54) is 5.56 Å². The molecule has 1 aromatic rings. The monoisotopic (exact) mass is 163 g/mol. The van der Waals surface area contributed by atoms with Gasteiger partial charge in [-0.25, -0.2) is 0 Å². The molecule has 0 spiro atoms. The summed E-state index contributed by atoms with van der Waals surface area (Å²) in [5.41, 5.74) is 1.33. The largest absolute Gasteiger partial charge is 0.393 e. The number of aliphatic hydroxyl groups excluding tert-OH is 1. The van der Waals surface area contributed by atoms with E-state index in [2.05, 4.69) is 19.1 Å². The lowest BCUT2D eigenvalue weighted by atomic mass is 10.1. The van der Waals surface area contributed by atoms with Crippen LogP contribution in [0.3, 0.4) is 0 Å². The van der Waals surface area contributed by atoms with Crippen molar-refractivity contribution < 1.29 is 5.11 Å². The Kier molecular flexibility index (Phi) is 3.81. The molecule has 1 unspecified atom stereocenters. The molecule has 0 heterocycles. The number of hydrogen-bond donors (Lipinski definition) is 1. The highest BCUT2D eigenvalue weighted by atomic mass is 16.3. The van der Waals surface area contributed by atoms with E-state index in [4.69, 9.17) is 5.11 Å².